The van der Waals surface area contributed by atoms with E-state index in [0.29, 0.717) is 75.4 Å². The summed E-state index contributed by atoms with van der Waals surface area (Å²) < 4.78 is 51.9. The van der Waals surface area contributed by atoms with Crippen LogP contribution in [0.15, 0.2) is 131 Å². The highest BCUT2D eigenvalue weighted by Crippen LogP contribution is 2.39. The van der Waals surface area contributed by atoms with Crippen LogP contribution in [0.3, 0.4) is 0 Å². The number of carbonyl (C=O) groups excluding carboxylic acids is 7. The Balaban J connectivity index is 0.535. The van der Waals surface area contributed by atoms with Crippen molar-refractivity contribution in [3.8, 4) is 17.2 Å². The molecular formula is C82H104N12O17. The molecule has 0 aromatic heterocycles. The number of unbranched alkanes of at least 4 members (excludes halogenated alkanes) is 2. The van der Waals surface area contributed by atoms with E-state index in [9.17, 15) is 38.7 Å². The van der Waals surface area contributed by atoms with Crippen molar-refractivity contribution in [3.05, 3.63) is 155 Å². The number of ether oxygens (including phenoxy) is 9. The van der Waals surface area contributed by atoms with Gasteiger partial charge in [-0.15, -0.1) is 0 Å². The van der Waals surface area contributed by atoms with Gasteiger partial charge in [-0.2, -0.15) is 0 Å². The van der Waals surface area contributed by atoms with Gasteiger partial charge < -0.3 is 94.3 Å². The van der Waals surface area contributed by atoms with Crippen LogP contribution < -0.4 is 46.1 Å². The van der Waals surface area contributed by atoms with E-state index in [1.54, 1.807) is 55.1 Å². The van der Waals surface area contributed by atoms with Crippen molar-refractivity contribution in [2.45, 2.75) is 109 Å². The number of amides is 7. The van der Waals surface area contributed by atoms with E-state index in [1.165, 1.54) is 52.8 Å². The summed E-state index contributed by atoms with van der Waals surface area (Å²) in [4.78, 5) is 111. The van der Waals surface area contributed by atoms with Crippen LogP contribution in [0.4, 0.5) is 33.2 Å². The molecule has 5 aromatic rings. The predicted octanol–water partition coefficient (Wildman–Crippen LogP) is 7.04. The number of hydrogen-bond donors (Lipinski definition) is 6. The van der Waals surface area contributed by atoms with Gasteiger partial charge in [0.25, 0.3) is 5.91 Å². The molecule has 0 aliphatic carbocycles. The highest BCUT2D eigenvalue weighted by molar-refractivity contribution is 6.10. The van der Waals surface area contributed by atoms with Crippen LogP contribution in [-0.4, -0.2) is 247 Å². The van der Waals surface area contributed by atoms with Crippen LogP contribution in [0, 0.1) is 5.92 Å². The Morgan fingerprint density at radius 2 is 1.37 bits per heavy atom. The molecule has 6 aliphatic heterocycles. The molecule has 6 heterocycles. The van der Waals surface area contributed by atoms with Crippen molar-refractivity contribution in [3.63, 3.8) is 0 Å². The third kappa shape index (κ3) is 22.7. The molecule has 5 aromatic carbocycles. The van der Waals surface area contributed by atoms with Crippen molar-refractivity contribution < 1.29 is 81.3 Å². The fourth-order valence-electron chi connectivity index (χ4n) is 13.7. The van der Waals surface area contributed by atoms with E-state index in [1.807, 2.05) is 12.1 Å². The normalized spacial score (nSPS) is 17.8. The van der Waals surface area contributed by atoms with Crippen LogP contribution in [0.5, 0.6) is 17.2 Å². The van der Waals surface area contributed by atoms with E-state index >= 15 is 0 Å². The smallest absolute Gasteiger partial charge is 0.412 e. The molecule has 29 nitrogen and oxygen atoms in total. The molecule has 0 bridgehead atoms. The molecule has 5 atom stereocenters. The van der Waals surface area contributed by atoms with Gasteiger partial charge >= 0.3 is 6.09 Å². The minimum absolute atomic E-state index is 0.00817. The molecule has 3 fully saturated rings. The second-order valence-electron chi connectivity index (χ2n) is 28.6. The van der Waals surface area contributed by atoms with Crippen LogP contribution >= 0.6 is 0 Å². The van der Waals surface area contributed by atoms with Crippen molar-refractivity contribution >= 4 is 81.4 Å². The van der Waals surface area contributed by atoms with Crippen molar-refractivity contribution in [1.82, 2.24) is 35.6 Å². The number of aliphatic hydroxyl groups excluding tert-OH is 1. The van der Waals surface area contributed by atoms with Crippen LogP contribution in [0.25, 0.3) is 0 Å². The molecular weight excluding hydrogens is 1420 g/mol. The fraction of sp³-hybridized carbons (Fsp3) is 0.476. The van der Waals surface area contributed by atoms with E-state index in [4.69, 9.17) is 58.4 Å². The monoisotopic (exact) mass is 1530 g/mol. The molecule has 0 spiro atoms. The van der Waals surface area contributed by atoms with Crippen LogP contribution in [0.2, 0.25) is 0 Å². The molecule has 2 unspecified atom stereocenters. The maximum absolute atomic E-state index is 14.5. The average molecular weight is 1530 g/mol. The van der Waals surface area contributed by atoms with Gasteiger partial charge in [0.15, 0.2) is 17.7 Å². The number of nitrogen functional groups attached to an aromatic ring is 1. The number of fused-ring (bicyclic) bond motifs is 2. The zero-order valence-electron chi connectivity index (χ0n) is 64.0. The highest BCUT2D eigenvalue weighted by Gasteiger charge is 2.45. The zero-order valence-corrected chi connectivity index (χ0v) is 64.0. The number of nitrogens with one attached hydrogen (secondary N) is 4. The summed E-state index contributed by atoms with van der Waals surface area (Å²) in [5.74, 6) is -1.17. The quantitative estimate of drug-likeness (QED) is 0.0130. The average Bonchev–Trinajstić information content (AvgIpc) is 1.64. The Morgan fingerprint density at radius 3 is 2.08 bits per heavy atom. The Bertz CT molecular complexity index is 4180. The maximum Gasteiger partial charge on any atom is 0.412 e. The van der Waals surface area contributed by atoms with Gasteiger partial charge in [0, 0.05) is 101 Å². The largest absolute Gasteiger partial charge is 0.494 e. The number of carbonyl (C=O) groups is 7. The topological polar surface area (TPSA) is 338 Å². The first kappa shape index (κ1) is 81.7. The van der Waals surface area contributed by atoms with E-state index in [-0.39, 0.29) is 107 Å². The first-order valence-corrected chi connectivity index (χ1v) is 38.2. The lowest BCUT2D eigenvalue weighted by Gasteiger charge is -2.34. The SMILES string of the molecule is C=C1C[C@@H](C2OCCN2C(=O)OCc2ccc(NC(=O)[C@H](C)NC(=O)[C@@H](NC(=O)CCOCCOCCOCCOCCNC(=O)CCN3C(=O)C=CC3O)C(C)C)cc2)N(C(=O)c2cc(OC)c(OCCCCCOc3ccc(C4=Nc5ccc(C6=Nc7cc(N8CCN(C)CC8)ccc7C6)cc5C4)cc3)cc2N)C1. The third-order valence-corrected chi connectivity index (χ3v) is 20.0. The summed E-state index contributed by atoms with van der Waals surface area (Å²) in [6, 6.07) is 28.8. The third-order valence-electron chi connectivity index (χ3n) is 20.0. The van der Waals surface area contributed by atoms with E-state index in [0.717, 1.165) is 104 Å². The van der Waals surface area contributed by atoms with Crippen molar-refractivity contribution in [2.24, 2.45) is 15.9 Å². The van der Waals surface area contributed by atoms with Gasteiger partial charge in [0.05, 0.1) is 121 Å². The Kier molecular flexibility index (Phi) is 29.5. The van der Waals surface area contributed by atoms with Gasteiger partial charge in [-0.1, -0.05) is 50.3 Å². The number of hydrogen-bond acceptors (Lipinski definition) is 22. The molecule has 0 saturated carbocycles. The van der Waals surface area contributed by atoms with Gasteiger partial charge in [-0.25, -0.2) is 4.79 Å². The highest BCUT2D eigenvalue weighted by atomic mass is 16.6. The Hall–Kier alpha value is -10.3. The molecule has 29 heteroatoms. The van der Waals surface area contributed by atoms with Gasteiger partial charge in [0.2, 0.25) is 29.5 Å². The summed E-state index contributed by atoms with van der Waals surface area (Å²) in [7, 11) is 3.68. The van der Waals surface area contributed by atoms with Gasteiger partial charge in [-0.05, 0) is 146 Å². The second-order valence-corrected chi connectivity index (χ2v) is 28.6. The molecule has 0 radical (unpaired) electrons. The lowest BCUT2D eigenvalue weighted by Crippen LogP contribution is -2.53. The van der Waals surface area contributed by atoms with Crippen LogP contribution in [0.1, 0.15) is 97.5 Å². The Labute approximate surface area is 647 Å². The molecule has 111 heavy (non-hydrogen) atoms. The summed E-state index contributed by atoms with van der Waals surface area (Å²) in [5, 5.41) is 20.6. The number of rotatable bonds is 40. The summed E-state index contributed by atoms with van der Waals surface area (Å²) in [6.45, 7) is 17.5. The number of methoxy groups -OCH3 is 1. The van der Waals surface area contributed by atoms with E-state index < -0.39 is 54.4 Å². The number of nitrogens with zero attached hydrogens (tertiary/aromatic N) is 7. The summed E-state index contributed by atoms with van der Waals surface area (Å²) in [6.07, 6.45) is 4.56. The fourth-order valence-corrected chi connectivity index (χ4v) is 13.7. The molecule has 6 aliphatic rings. The number of anilines is 3. The van der Waals surface area contributed by atoms with Gasteiger partial charge in [0.1, 0.15) is 30.7 Å². The van der Waals surface area contributed by atoms with Gasteiger partial charge in [-0.3, -0.25) is 43.7 Å². The molecule has 7 amide bonds. The van der Waals surface area contributed by atoms with Crippen molar-refractivity contribution in [2.75, 3.05) is 155 Å². The molecule has 3 saturated heterocycles. The second kappa shape index (κ2) is 40.1. The maximum atomic E-state index is 14.5. The first-order chi connectivity index (χ1) is 53.7. The summed E-state index contributed by atoms with van der Waals surface area (Å²) >= 11 is 0. The molecule has 7 N–H and O–H groups in total. The number of piperazine rings is 1. The van der Waals surface area contributed by atoms with Crippen LogP contribution in [-0.2, 0) is 71.8 Å². The molecule has 11 rings (SSSR count). The molecule has 594 valence electrons. The number of likely N-dealkylation sites (tertiary alicyclic amines) is 1. The standard InChI is InChI=1S/C82H104N12O17/c1-53(2)77(89-74(96)25-35-104-38-40-106-42-43-107-41-39-105-36-26-84-73(95)24-27-92-75(97)22-23-76(92)98)79(100)85-55(4)78(99)86-61-16-10-56(11-17-61)52-111-82(102)93-32-37-110-81(93)70-44-54(3)51-94(70)80(101)64-49-71(103-6)72(50-65(64)83)109-34-9-7-8-33-108-63-19-13-57(14-20-63)67-47-60-45-58(15-21-66(60)87-67)68-46-59-12-18-62(48-69(59)88-68)91-30-28-90(5)29-31-91/h10-23,45,48-50,53,55,70,75,77,81,97H,3,7-9,24-44,46-47,51-52,83H2,1-2,4-6H3,(H,84,95)(H,85,100)(H,86,99)(H,89,96)/t55-,70-,75?,77-,81?/m0/s1. The minimum Gasteiger partial charge on any atom is -0.494 e. The minimum atomic E-state index is -1.00. The number of aliphatic imine (C=N–C) groups is 2. The zero-order chi connectivity index (χ0) is 78.3. The predicted molar refractivity (Wildman–Crippen MR) is 418 cm³/mol. The lowest BCUT2D eigenvalue weighted by atomic mass is 9.99. The Morgan fingerprint density at radius 1 is 0.685 bits per heavy atom. The number of likely N-dealkylation sites (N-methyl/N-ethyl adjacent to an activating group) is 1. The first-order valence-electron chi connectivity index (χ1n) is 38.2. The van der Waals surface area contributed by atoms with Crippen molar-refractivity contribution in [1.29, 1.82) is 0 Å². The van der Waals surface area contributed by atoms with E-state index in [2.05, 4.69) is 93.2 Å². The number of benzene rings is 5. The summed E-state index contributed by atoms with van der Waals surface area (Å²) in [5.41, 5.74) is 19.0. The number of nitrogens with two attached hydrogens (primary N) is 1. The lowest BCUT2D eigenvalue weighted by molar-refractivity contribution is -0.132. The number of aliphatic hydroxyl groups is 1.